The number of nitrogens with one attached hydrogen (secondary N) is 1. The van der Waals surface area contributed by atoms with E-state index in [0.29, 0.717) is 11.4 Å². The molecular weight excluding hydrogens is 346 g/mol. The van der Waals surface area contributed by atoms with Crippen LogP contribution in [0.3, 0.4) is 0 Å². The lowest BCUT2D eigenvalue weighted by molar-refractivity contribution is -0.114. The molecule has 0 bridgehead atoms. The fraction of sp³-hybridized carbons (Fsp3) is 0.250. The number of nitrogens with zero attached hydrogens (tertiary/aromatic N) is 2. The number of rotatable bonds is 7. The Labute approximate surface area is 146 Å². The first-order chi connectivity index (χ1) is 11.8. The molecule has 1 amide bonds. The second kappa shape index (κ2) is 7.84. The molecule has 8 nitrogen and oxygen atoms in total. The minimum Gasteiger partial charge on any atom is -0.497 e. The number of amides is 1. The molecule has 1 N–H and O–H groups in total. The number of pyridine rings is 1. The van der Waals surface area contributed by atoms with Crippen molar-refractivity contribution in [2.24, 2.45) is 0 Å². The van der Waals surface area contributed by atoms with Gasteiger partial charge in [0.25, 0.3) is 0 Å². The van der Waals surface area contributed by atoms with Gasteiger partial charge in [0.05, 0.1) is 38.0 Å². The first kappa shape index (κ1) is 18.5. The minimum atomic E-state index is -3.72. The molecular formula is C16H19N3O5S. The number of benzene rings is 1. The van der Waals surface area contributed by atoms with Gasteiger partial charge in [-0.2, -0.15) is 0 Å². The Morgan fingerprint density at radius 2 is 2.00 bits per heavy atom. The lowest BCUT2D eigenvalue weighted by atomic mass is 10.2. The number of ether oxygens (including phenoxy) is 2. The summed E-state index contributed by atoms with van der Waals surface area (Å²) in [7, 11) is -0.820. The molecule has 0 spiro atoms. The van der Waals surface area contributed by atoms with Gasteiger partial charge in [-0.05, 0) is 24.3 Å². The van der Waals surface area contributed by atoms with Crippen LogP contribution in [0.4, 0.5) is 11.4 Å². The van der Waals surface area contributed by atoms with Crippen LogP contribution in [0, 0.1) is 0 Å². The molecule has 0 aliphatic rings. The summed E-state index contributed by atoms with van der Waals surface area (Å²) in [6.45, 7) is -0.406. The van der Waals surface area contributed by atoms with E-state index in [4.69, 9.17) is 9.47 Å². The molecule has 2 rings (SSSR count). The Kier molecular flexibility index (Phi) is 5.81. The highest BCUT2D eigenvalue weighted by Crippen LogP contribution is 2.33. The molecule has 0 unspecified atom stereocenters. The first-order valence-corrected chi connectivity index (χ1v) is 9.09. The second-order valence-electron chi connectivity index (χ2n) is 5.10. The molecule has 0 aliphatic carbocycles. The molecule has 0 saturated carbocycles. The molecule has 0 radical (unpaired) electrons. The molecule has 1 aromatic heterocycles. The SMILES string of the molecule is COc1ccc(N(CC(=O)Nc2cccnc2)S(C)(=O)=O)c(OC)c1. The van der Waals surface area contributed by atoms with Crippen molar-refractivity contribution in [3.8, 4) is 11.5 Å². The van der Waals surface area contributed by atoms with Crippen molar-refractivity contribution in [3.63, 3.8) is 0 Å². The number of aromatic nitrogens is 1. The van der Waals surface area contributed by atoms with Crippen LogP contribution in [0.25, 0.3) is 0 Å². The zero-order chi connectivity index (χ0) is 18.4. The summed E-state index contributed by atoms with van der Waals surface area (Å²) in [5.41, 5.74) is 0.717. The molecule has 2 aromatic rings. The average Bonchev–Trinajstić information content (AvgIpc) is 2.59. The summed E-state index contributed by atoms with van der Waals surface area (Å²) in [4.78, 5) is 16.1. The number of methoxy groups -OCH3 is 2. The Morgan fingerprint density at radius 3 is 2.56 bits per heavy atom. The Bertz CT molecular complexity index is 840. The van der Waals surface area contributed by atoms with Crippen LogP contribution >= 0.6 is 0 Å². The van der Waals surface area contributed by atoms with E-state index in [9.17, 15) is 13.2 Å². The molecule has 0 atom stereocenters. The summed E-state index contributed by atoms with van der Waals surface area (Å²) in [5, 5.41) is 2.60. The van der Waals surface area contributed by atoms with Gasteiger partial charge in [0.1, 0.15) is 18.0 Å². The van der Waals surface area contributed by atoms with Crippen molar-refractivity contribution in [2.45, 2.75) is 0 Å². The van der Waals surface area contributed by atoms with Crippen LogP contribution < -0.4 is 19.1 Å². The highest BCUT2D eigenvalue weighted by Gasteiger charge is 2.24. The van der Waals surface area contributed by atoms with E-state index < -0.39 is 22.5 Å². The first-order valence-electron chi connectivity index (χ1n) is 7.24. The van der Waals surface area contributed by atoms with Gasteiger partial charge in [-0.1, -0.05) is 0 Å². The van der Waals surface area contributed by atoms with E-state index in [-0.39, 0.29) is 11.4 Å². The number of sulfonamides is 1. The fourth-order valence-corrected chi connectivity index (χ4v) is 3.00. The van der Waals surface area contributed by atoms with Gasteiger partial charge in [-0.25, -0.2) is 8.42 Å². The Morgan fingerprint density at radius 1 is 1.24 bits per heavy atom. The lowest BCUT2D eigenvalue weighted by Gasteiger charge is -2.24. The van der Waals surface area contributed by atoms with Gasteiger partial charge in [0.2, 0.25) is 15.9 Å². The topological polar surface area (TPSA) is 97.8 Å². The van der Waals surface area contributed by atoms with Crippen LogP contribution in [0.2, 0.25) is 0 Å². The molecule has 134 valence electrons. The largest absolute Gasteiger partial charge is 0.497 e. The van der Waals surface area contributed by atoms with Crippen molar-refractivity contribution in [3.05, 3.63) is 42.7 Å². The number of anilines is 2. The van der Waals surface area contributed by atoms with Crippen molar-refractivity contribution < 1.29 is 22.7 Å². The van der Waals surface area contributed by atoms with Crippen LogP contribution in [0.1, 0.15) is 0 Å². The normalized spacial score (nSPS) is 10.8. The quantitative estimate of drug-likeness (QED) is 0.799. The lowest BCUT2D eigenvalue weighted by Crippen LogP contribution is -2.37. The predicted octanol–water partition coefficient (Wildman–Crippen LogP) is 1.50. The summed E-state index contributed by atoms with van der Waals surface area (Å²) in [6, 6.07) is 7.98. The van der Waals surface area contributed by atoms with Crippen LogP contribution in [0.15, 0.2) is 42.7 Å². The minimum absolute atomic E-state index is 0.243. The number of carbonyl (C=O) groups excluding carboxylic acids is 1. The molecule has 25 heavy (non-hydrogen) atoms. The van der Waals surface area contributed by atoms with Gasteiger partial charge in [-0.15, -0.1) is 0 Å². The highest BCUT2D eigenvalue weighted by molar-refractivity contribution is 7.92. The molecule has 9 heteroatoms. The van der Waals surface area contributed by atoms with Crippen molar-refractivity contribution >= 4 is 27.3 Å². The zero-order valence-electron chi connectivity index (χ0n) is 14.1. The van der Waals surface area contributed by atoms with Gasteiger partial charge in [0.15, 0.2) is 0 Å². The molecule has 1 heterocycles. The number of hydrogen-bond donors (Lipinski definition) is 1. The predicted molar refractivity (Wildman–Crippen MR) is 94.6 cm³/mol. The Hall–Kier alpha value is -2.81. The monoisotopic (exact) mass is 365 g/mol. The van der Waals surface area contributed by atoms with Gasteiger partial charge >= 0.3 is 0 Å². The van der Waals surface area contributed by atoms with Crippen LogP contribution in [-0.4, -0.2) is 46.3 Å². The smallest absolute Gasteiger partial charge is 0.245 e. The third-order valence-electron chi connectivity index (χ3n) is 3.29. The van der Waals surface area contributed by atoms with Crippen molar-refractivity contribution in [1.82, 2.24) is 4.98 Å². The standard InChI is InChI=1S/C16H19N3O5S/c1-23-13-6-7-14(15(9-13)24-2)19(25(3,21)22)11-16(20)18-12-5-4-8-17-10-12/h4-10H,11H2,1-3H3,(H,18,20). The molecule has 1 aromatic carbocycles. The third-order valence-corrected chi connectivity index (χ3v) is 4.41. The molecule has 0 saturated heterocycles. The van der Waals surface area contributed by atoms with Gasteiger partial charge < -0.3 is 14.8 Å². The van der Waals surface area contributed by atoms with E-state index in [1.165, 1.54) is 26.5 Å². The van der Waals surface area contributed by atoms with E-state index in [1.54, 1.807) is 30.5 Å². The van der Waals surface area contributed by atoms with Crippen molar-refractivity contribution in [2.75, 3.05) is 36.6 Å². The summed E-state index contributed by atoms with van der Waals surface area (Å²) < 4.78 is 35.7. The Balaban J connectivity index is 2.30. The average molecular weight is 365 g/mol. The molecule has 0 aliphatic heterocycles. The molecule has 0 fully saturated rings. The van der Waals surface area contributed by atoms with Gasteiger partial charge in [-0.3, -0.25) is 14.1 Å². The van der Waals surface area contributed by atoms with Crippen LogP contribution in [-0.2, 0) is 14.8 Å². The van der Waals surface area contributed by atoms with E-state index >= 15 is 0 Å². The summed E-state index contributed by atoms with van der Waals surface area (Å²) >= 11 is 0. The highest BCUT2D eigenvalue weighted by atomic mass is 32.2. The number of carbonyl (C=O) groups is 1. The summed E-state index contributed by atoms with van der Waals surface area (Å²) in [6.07, 6.45) is 4.06. The number of hydrogen-bond acceptors (Lipinski definition) is 6. The second-order valence-corrected chi connectivity index (χ2v) is 7.00. The maximum atomic E-state index is 12.3. The fourth-order valence-electron chi connectivity index (χ4n) is 2.14. The van der Waals surface area contributed by atoms with Crippen molar-refractivity contribution in [1.29, 1.82) is 0 Å². The van der Waals surface area contributed by atoms with E-state index in [1.807, 2.05) is 0 Å². The van der Waals surface area contributed by atoms with Crippen LogP contribution in [0.5, 0.6) is 11.5 Å². The van der Waals surface area contributed by atoms with E-state index in [0.717, 1.165) is 10.6 Å². The zero-order valence-corrected chi connectivity index (χ0v) is 14.9. The maximum Gasteiger partial charge on any atom is 0.245 e. The van der Waals surface area contributed by atoms with Gasteiger partial charge in [0, 0.05) is 12.3 Å². The van der Waals surface area contributed by atoms with E-state index in [2.05, 4.69) is 10.3 Å². The maximum absolute atomic E-state index is 12.3. The summed E-state index contributed by atoms with van der Waals surface area (Å²) in [5.74, 6) is 0.282. The third kappa shape index (κ3) is 4.83.